The van der Waals surface area contributed by atoms with E-state index >= 15 is 0 Å². The SMILES string of the molecule is CC(=O)N=C(C)Cl. The molecule has 1 amide bonds. The lowest BCUT2D eigenvalue weighted by molar-refractivity contribution is -0.115. The Kier molecular flexibility index (Phi) is 2.60. The highest BCUT2D eigenvalue weighted by Crippen LogP contribution is 1.82. The summed E-state index contributed by atoms with van der Waals surface area (Å²) in [6.45, 7) is 2.91. The van der Waals surface area contributed by atoms with Crippen LogP contribution < -0.4 is 0 Å². The maximum Gasteiger partial charge on any atom is 0.243 e. The normalized spacial score (nSPS) is 11.6. The molecule has 0 aliphatic rings. The largest absolute Gasteiger partial charge is 0.273 e. The van der Waals surface area contributed by atoms with Crippen molar-refractivity contribution in [3.05, 3.63) is 0 Å². The standard InChI is InChI=1S/C4H6ClNO/c1-3(5)6-4(2)7/h1-2H3. The Labute approximate surface area is 47.2 Å². The van der Waals surface area contributed by atoms with Gasteiger partial charge in [-0.1, -0.05) is 11.6 Å². The molecule has 0 aromatic rings. The number of rotatable bonds is 0. The molecule has 40 valence electrons. The average molecular weight is 120 g/mol. The minimum atomic E-state index is -0.257. The molecule has 3 heteroatoms. The first-order chi connectivity index (χ1) is 3.13. The van der Waals surface area contributed by atoms with Crippen LogP contribution in [0.25, 0.3) is 0 Å². The highest BCUT2D eigenvalue weighted by Gasteiger charge is 1.83. The zero-order valence-corrected chi connectivity index (χ0v) is 4.99. The molecule has 0 aliphatic heterocycles. The lowest BCUT2D eigenvalue weighted by Gasteiger charge is -1.77. The lowest BCUT2D eigenvalue weighted by Crippen LogP contribution is -1.85. The molecule has 0 spiro atoms. The number of carbonyl (C=O) groups is 1. The number of aliphatic imine (C=N–C) groups is 1. The summed E-state index contributed by atoms with van der Waals surface area (Å²) < 4.78 is 0. The van der Waals surface area contributed by atoms with Crippen LogP contribution in [0.15, 0.2) is 4.99 Å². The number of amides is 1. The molecule has 0 rings (SSSR count). The Morgan fingerprint density at radius 1 is 1.57 bits per heavy atom. The Bertz CT molecular complexity index is 104. The van der Waals surface area contributed by atoms with Crippen LogP contribution >= 0.6 is 11.6 Å². The zero-order valence-electron chi connectivity index (χ0n) is 4.23. The molecule has 0 aliphatic carbocycles. The van der Waals surface area contributed by atoms with E-state index in [4.69, 9.17) is 11.6 Å². The van der Waals surface area contributed by atoms with Crippen LogP contribution in [0, 0.1) is 0 Å². The van der Waals surface area contributed by atoms with Crippen LogP contribution in [0.1, 0.15) is 13.8 Å². The van der Waals surface area contributed by atoms with Crippen molar-refractivity contribution >= 4 is 22.7 Å². The average Bonchev–Trinajstić information content (AvgIpc) is 1.27. The Hall–Kier alpha value is -0.370. The van der Waals surface area contributed by atoms with Crippen LogP contribution in [0.2, 0.25) is 0 Å². The fourth-order valence-electron chi connectivity index (χ4n) is 0.217. The molecule has 0 saturated carbocycles. The van der Waals surface area contributed by atoms with Crippen LogP contribution in [0.5, 0.6) is 0 Å². The first-order valence-corrected chi connectivity index (χ1v) is 2.22. The molecule has 0 fully saturated rings. The third kappa shape index (κ3) is 5.63. The van der Waals surface area contributed by atoms with Gasteiger partial charge in [0.2, 0.25) is 5.91 Å². The lowest BCUT2D eigenvalue weighted by atomic mass is 10.7. The minimum absolute atomic E-state index is 0.257. The third-order valence-corrected chi connectivity index (χ3v) is 0.396. The second-order valence-corrected chi connectivity index (χ2v) is 1.67. The van der Waals surface area contributed by atoms with E-state index in [1.165, 1.54) is 6.92 Å². The summed E-state index contributed by atoms with van der Waals surface area (Å²) in [6, 6.07) is 0. The van der Waals surface area contributed by atoms with Crippen molar-refractivity contribution < 1.29 is 4.79 Å². The molecule has 0 aromatic heterocycles. The highest BCUT2D eigenvalue weighted by molar-refractivity contribution is 6.65. The van der Waals surface area contributed by atoms with E-state index in [-0.39, 0.29) is 11.1 Å². The van der Waals surface area contributed by atoms with Crippen molar-refractivity contribution in [1.29, 1.82) is 0 Å². The van der Waals surface area contributed by atoms with Gasteiger partial charge in [0, 0.05) is 6.92 Å². The summed E-state index contributed by atoms with van der Waals surface area (Å²) in [6.07, 6.45) is 0. The molecule has 0 N–H and O–H groups in total. The molecule has 0 atom stereocenters. The van der Waals surface area contributed by atoms with Crippen LogP contribution in [0.4, 0.5) is 0 Å². The molecular weight excluding hydrogens is 114 g/mol. The maximum atomic E-state index is 9.98. The Morgan fingerprint density at radius 2 is 2.00 bits per heavy atom. The summed E-state index contributed by atoms with van der Waals surface area (Å²) in [5.74, 6) is -0.257. The summed E-state index contributed by atoms with van der Waals surface area (Å²) >= 11 is 5.20. The molecule has 0 unspecified atom stereocenters. The molecular formula is C4H6ClNO. The monoisotopic (exact) mass is 119 g/mol. The fourth-order valence-corrected chi connectivity index (χ4v) is 0.336. The molecule has 0 heterocycles. The van der Waals surface area contributed by atoms with Gasteiger partial charge in [-0.25, -0.2) is 4.99 Å². The molecule has 0 bridgehead atoms. The highest BCUT2D eigenvalue weighted by atomic mass is 35.5. The van der Waals surface area contributed by atoms with E-state index in [1.54, 1.807) is 6.92 Å². The summed E-state index contributed by atoms with van der Waals surface area (Å²) in [5.41, 5.74) is 0. The quantitative estimate of drug-likeness (QED) is 0.441. The topological polar surface area (TPSA) is 29.4 Å². The van der Waals surface area contributed by atoms with Crippen molar-refractivity contribution in [2.75, 3.05) is 0 Å². The van der Waals surface area contributed by atoms with E-state index in [0.717, 1.165) is 0 Å². The zero-order chi connectivity index (χ0) is 5.86. The van der Waals surface area contributed by atoms with Crippen LogP contribution in [0.3, 0.4) is 0 Å². The van der Waals surface area contributed by atoms with E-state index < -0.39 is 0 Å². The Balaban J connectivity index is 3.68. The van der Waals surface area contributed by atoms with E-state index in [1.807, 2.05) is 0 Å². The van der Waals surface area contributed by atoms with Gasteiger partial charge in [0.25, 0.3) is 0 Å². The second kappa shape index (κ2) is 2.75. The van der Waals surface area contributed by atoms with Crippen molar-refractivity contribution in [1.82, 2.24) is 0 Å². The van der Waals surface area contributed by atoms with Gasteiger partial charge >= 0.3 is 0 Å². The van der Waals surface area contributed by atoms with Crippen molar-refractivity contribution in [3.63, 3.8) is 0 Å². The fraction of sp³-hybridized carbons (Fsp3) is 0.500. The van der Waals surface area contributed by atoms with E-state index in [9.17, 15) is 4.79 Å². The van der Waals surface area contributed by atoms with Gasteiger partial charge in [-0.2, -0.15) is 0 Å². The van der Waals surface area contributed by atoms with Crippen molar-refractivity contribution in [3.8, 4) is 0 Å². The predicted molar refractivity (Wildman–Crippen MR) is 29.6 cm³/mol. The maximum absolute atomic E-state index is 9.98. The van der Waals surface area contributed by atoms with Crippen molar-refractivity contribution in [2.45, 2.75) is 13.8 Å². The van der Waals surface area contributed by atoms with Crippen molar-refractivity contribution in [2.24, 2.45) is 4.99 Å². The van der Waals surface area contributed by atoms with Gasteiger partial charge in [0.05, 0.1) is 0 Å². The third-order valence-electron chi connectivity index (χ3n) is 0.312. The second-order valence-electron chi connectivity index (χ2n) is 1.13. The predicted octanol–water partition coefficient (Wildman–Crippen LogP) is 1.19. The first-order valence-electron chi connectivity index (χ1n) is 1.84. The first kappa shape index (κ1) is 6.63. The summed E-state index contributed by atoms with van der Waals surface area (Å²) in [7, 11) is 0. The Morgan fingerprint density at radius 3 is 2.00 bits per heavy atom. The number of halogens is 1. The summed E-state index contributed by atoms with van der Waals surface area (Å²) in [4.78, 5) is 13.3. The van der Waals surface area contributed by atoms with E-state index in [0.29, 0.717) is 0 Å². The van der Waals surface area contributed by atoms with Gasteiger partial charge < -0.3 is 0 Å². The molecule has 0 saturated heterocycles. The van der Waals surface area contributed by atoms with Gasteiger partial charge in [0.15, 0.2) is 0 Å². The van der Waals surface area contributed by atoms with Gasteiger partial charge in [-0.3, -0.25) is 4.79 Å². The number of carbonyl (C=O) groups excluding carboxylic acids is 1. The van der Waals surface area contributed by atoms with Gasteiger partial charge in [-0.05, 0) is 6.92 Å². The molecule has 7 heavy (non-hydrogen) atoms. The summed E-state index contributed by atoms with van der Waals surface area (Å²) in [5, 5.41) is 0.285. The van der Waals surface area contributed by atoms with Gasteiger partial charge in [0.1, 0.15) is 5.17 Å². The molecule has 0 aromatic carbocycles. The number of nitrogens with zero attached hydrogens (tertiary/aromatic N) is 1. The van der Waals surface area contributed by atoms with Crippen LogP contribution in [-0.4, -0.2) is 11.1 Å². The van der Waals surface area contributed by atoms with Crippen LogP contribution in [-0.2, 0) is 4.79 Å². The molecule has 2 nitrogen and oxygen atoms in total. The number of hydrogen-bond donors (Lipinski definition) is 0. The minimum Gasteiger partial charge on any atom is -0.273 e. The van der Waals surface area contributed by atoms with E-state index in [2.05, 4.69) is 4.99 Å². The van der Waals surface area contributed by atoms with Gasteiger partial charge in [-0.15, -0.1) is 0 Å². The smallest absolute Gasteiger partial charge is 0.243 e. The number of hydrogen-bond acceptors (Lipinski definition) is 1. The molecule has 0 radical (unpaired) electrons.